The van der Waals surface area contributed by atoms with Gasteiger partial charge in [-0.2, -0.15) is 0 Å². The minimum atomic E-state index is -0.122. The molecular weight excluding hydrogens is 362 g/mol. The van der Waals surface area contributed by atoms with Crippen LogP contribution >= 0.6 is 12.4 Å². The summed E-state index contributed by atoms with van der Waals surface area (Å²) in [5, 5.41) is 2.90. The summed E-state index contributed by atoms with van der Waals surface area (Å²) in [6.45, 7) is 9.39. The molecule has 0 aliphatic carbocycles. The molecule has 0 spiro atoms. The van der Waals surface area contributed by atoms with Gasteiger partial charge in [-0.3, -0.25) is 9.69 Å². The van der Waals surface area contributed by atoms with Crippen molar-refractivity contribution in [2.75, 3.05) is 25.0 Å². The fourth-order valence-corrected chi connectivity index (χ4v) is 2.67. The molecule has 0 saturated carbocycles. The van der Waals surface area contributed by atoms with Gasteiger partial charge in [0.15, 0.2) is 0 Å². The Kier molecular flexibility index (Phi) is 9.86. The summed E-state index contributed by atoms with van der Waals surface area (Å²) < 4.78 is 5.43. The Morgan fingerprint density at radius 1 is 1.11 bits per heavy atom. The zero-order valence-corrected chi connectivity index (χ0v) is 17.1. The second kappa shape index (κ2) is 11.6. The largest absolute Gasteiger partial charge is 0.492 e. The SMILES string of the molecule is CCN(Cc1ccc(C(=O)Nc2ccc(OCCN)cc2)cc1)C(C)C.Cl. The average Bonchev–Trinajstić information content (AvgIpc) is 2.65. The molecule has 2 rings (SSSR count). The second-order valence-corrected chi connectivity index (χ2v) is 6.47. The third-order valence-electron chi connectivity index (χ3n) is 4.24. The third-order valence-corrected chi connectivity index (χ3v) is 4.24. The number of hydrogen-bond acceptors (Lipinski definition) is 4. The molecule has 2 aromatic rings. The predicted molar refractivity (Wildman–Crippen MR) is 114 cm³/mol. The number of rotatable bonds is 9. The van der Waals surface area contributed by atoms with Crippen LogP contribution in [0.3, 0.4) is 0 Å². The van der Waals surface area contributed by atoms with E-state index >= 15 is 0 Å². The van der Waals surface area contributed by atoms with E-state index in [1.807, 2.05) is 48.5 Å². The van der Waals surface area contributed by atoms with Gasteiger partial charge in [-0.15, -0.1) is 12.4 Å². The Morgan fingerprint density at radius 3 is 2.26 bits per heavy atom. The van der Waals surface area contributed by atoms with Crippen LogP contribution in [0, 0.1) is 0 Å². The lowest BCUT2D eigenvalue weighted by Crippen LogP contribution is -2.29. The fourth-order valence-electron chi connectivity index (χ4n) is 2.67. The maximum absolute atomic E-state index is 12.4. The first-order valence-electron chi connectivity index (χ1n) is 9.10. The molecule has 0 aromatic heterocycles. The number of halogens is 1. The Balaban J connectivity index is 0.00000364. The fraction of sp³-hybridized carbons (Fsp3) is 0.381. The molecule has 0 atom stereocenters. The van der Waals surface area contributed by atoms with Gasteiger partial charge < -0.3 is 15.8 Å². The summed E-state index contributed by atoms with van der Waals surface area (Å²) in [6, 6.07) is 15.6. The maximum Gasteiger partial charge on any atom is 0.255 e. The molecule has 3 N–H and O–H groups in total. The highest BCUT2D eigenvalue weighted by molar-refractivity contribution is 6.04. The standard InChI is InChI=1S/C21H29N3O2.ClH/c1-4-24(16(2)3)15-17-5-7-18(8-6-17)21(25)23-19-9-11-20(12-10-19)26-14-13-22;/h5-12,16H,4,13-15,22H2,1-3H3,(H,23,25);1H. The number of hydrogen-bond donors (Lipinski definition) is 2. The number of nitrogens with zero attached hydrogens (tertiary/aromatic N) is 1. The second-order valence-electron chi connectivity index (χ2n) is 6.47. The smallest absolute Gasteiger partial charge is 0.255 e. The van der Waals surface area contributed by atoms with E-state index in [4.69, 9.17) is 10.5 Å². The molecule has 5 nitrogen and oxygen atoms in total. The summed E-state index contributed by atoms with van der Waals surface area (Å²) in [4.78, 5) is 14.8. The molecule has 6 heteroatoms. The van der Waals surface area contributed by atoms with Crippen LogP contribution in [0.15, 0.2) is 48.5 Å². The minimum Gasteiger partial charge on any atom is -0.492 e. The van der Waals surface area contributed by atoms with Crippen molar-refractivity contribution >= 4 is 24.0 Å². The van der Waals surface area contributed by atoms with E-state index in [2.05, 4.69) is 31.0 Å². The quantitative estimate of drug-likeness (QED) is 0.679. The molecule has 0 heterocycles. The Hall–Kier alpha value is -2.08. The van der Waals surface area contributed by atoms with Crippen molar-refractivity contribution in [3.8, 4) is 5.75 Å². The molecule has 148 valence electrons. The van der Waals surface area contributed by atoms with Crippen LogP contribution in [0.2, 0.25) is 0 Å². The highest BCUT2D eigenvalue weighted by Crippen LogP contribution is 2.17. The molecule has 0 aliphatic rings. The number of benzene rings is 2. The van der Waals surface area contributed by atoms with E-state index in [-0.39, 0.29) is 18.3 Å². The van der Waals surface area contributed by atoms with Crippen molar-refractivity contribution in [2.45, 2.75) is 33.4 Å². The van der Waals surface area contributed by atoms with Gasteiger partial charge in [0.25, 0.3) is 5.91 Å². The molecule has 27 heavy (non-hydrogen) atoms. The van der Waals surface area contributed by atoms with E-state index < -0.39 is 0 Å². The number of anilines is 1. The number of carbonyl (C=O) groups excluding carboxylic acids is 1. The Bertz CT molecular complexity index is 688. The molecule has 2 aromatic carbocycles. The van der Waals surface area contributed by atoms with Gasteiger partial charge in [0.05, 0.1) is 0 Å². The summed E-state index contributed by atoms with van der Waals surface area (Å²) in [6.07, 6.45) is 0. The summed E-state index contributed by atoms with van der Waals surface area (Å²) in [5.74, 6) is 0.617. The average molecular weight is 392 g/mol. The highest BCUT2D eigenvalue weighted by atomic mass is 35.5. The van der Waals surface area contributed by atoms with E-state index in [0.29, 0.717) is 24.8 Å². The van der Waals surface area contributed by atoms with Gasteiger partial charge in [0.2, 0.25) is 0 Å². The van der Waals surface area contributed by atoms with Crippen LogP contribution in [-0.2, 0) is 6.54 Å². The van der Waals surface area contributed by atoms with Crippen molar-refractivity contribution in [1.29, 1.82) is 0 Å². The summed E-state index contributed by atoms with van der Waals surface area (Å²) >= 11 is 0. The first-order valence-corrected chi connectivity index (χ1v) is 9.10. The molecule has 0 aliphatic heterocycles. The molecule has 0 unspecified atom stereocenters. The zero-order chi connectivity index (χ0) is 18.9. The summed E-state index contributed by atoms with van der Waals surface area (Å²) in [5.41, 5.74) is 7.99. The van der Waals surface area contributed by atoms with Crippen molar-refractivity contribution in [2.24, 2.45) is 5.73 Å². The number of carbonyl (C=O) groups is 1. The van der Waals surface area contributed by atoms with Crippen LogP contribution in [0.4, 0.5) is 5.69 Å². The predicted octanol–water partition coefficient (Wildman–Crippen LogP) is 3.93. The molecular formula is C21H30ClN3O2. The lowest BCUT2D eigenvalue weighted by Gasteiger charge is -2.24. The minimum absolute atomic E-state index is 0. The van der Waals surface area contributed by atoms with E-state index in [1.54, 1.807) is 0 Å². The van der Waals surface area contributed by atoms with Crippen molar-refractivity contribution < 1.29 is 9.53 Å². The summed E-state index contributed by atoms with van der Waals surface area (Å²) in [7, 11) is 0. The van der Waals surface area contributed by atoms with Crippen molar-refractivity contribution in [1.82, 2.24) is 4.90 Å². The molecule has 0 radical (unpaired) electrons. The van der Waals surface area contributed by atoms with Crippen LogP contribution in [0.1, 0.15) is 36.7 Å². The zero-order valence-electron chi connectivity index (χ0n) is 16.3. The number of ether oxygens (including phenoxy) is 1. The Labute approximate surface area is 168 Å². The Morgan fingerprint density at radius 2 is 1.74 bits per heavy atom. The lowest BCUT2D eigenvalue weighted by molar-refractivity contribution is 0.102. The molecule has 0 saturated heterocycles. The van der Waals surface area contributed by atoms with Crippen LogP contribution in [-0.4, -0.2) is 36.5 Å². The monoisotopic (exact) mass is 391 g/mol. The molecule has 0 fully saturated rings. The highest BCUT2D eigenvalue weighted by Gasteiger charge is 2.10. The van der Waals surface area contributed by atoms with E-state index in [1.165, 1.54) is 5.56 Å². The van der Waals surface area contributed by atoms with Crippen molar-refractivity contribution in [3.05, 3.63) is 59.7 Å². The van der Waals surface area contributed by atoms with Gasteiger partial charge >= 0.3 is 0 Å². The van der Waals surface area contributed by atoms with E-state index in [9.17, 15) is 4.79 Å². The first kappa shape index (κ1) is 23.0. The number of nitrogens with one attached hydrogen (secondary N) is 1. The van der Waals surface area contributed by atoms with Gasteiger partial charge in [0.1, 0.15) is 12.4 Å². The number of nitrogens with two attached hydrogens (primary N) is 1. The topological polar surface area (TPSA) is 67.6 Å². The van der Waals surface area contributed by atoms with Crippen LogP contribution < -0.4 is 15.8 Å². The maximum atomic E-state index is 12.4. The third kappa shape index (κ3) is 7.21. The van der Waals surface area contributed by atoms with E-state index in [0.717, 1.165) is 24.5 Å². The van der Waals surface area contributed by atoms with Gasteiger partial charge in [-0.05, 0) is 62.4 Å². The normalized spacial score (nSPS) is 10.6. The lowest BCUT2D eigenvalue weighted by atomic mass is 10.1. The first-order chi connectivity index (χ1) is 12.5. The van der Waals surface area contributed by atoms with Crippen LogP contribution in [0.5, 0.6) is 5.75 Å². The van der Waals surface area contributed by atoms with Gasteiger partial charge in [-0.1, -0.05) is 19.1 Å². The molecule has 1 amide bonds. The van der Waals surface area contributed by atoms with Crippen molar-refractivity contribution in [3.63, 3.8) is 0 Å². The molecule has 0 bridgehead atoms. The van der Waals surface area contributed by atoms with Crippen LogP contribution in [0.25, 0.3) is 0 Å². The van der Waals surface area contributed by atoms with Gasteiger partial charge in [-0.25, -0.2) is 0 Å². The number of amides is 1. The van der Waals surface area contributed by atoms with Gasteiger partial charge in [0, 0.05) is 30.4 Å².